The number of nitrogens with zero attached hydrogens (tertiary/aromatic N) is 1. The molecule has 4 rings (SSSR count). The molecule has 0 unspecified atom stereocenters. The molecule has 2 aromatic heterocycles. The Morgan fingerprint density at radius 3 is 2.95 bits per heavy atom. The number of rotatable bonds is 2. The summed E-state index contributed by atoms with van der Waals surface area (Å²) in [5.74, 6) is 0.205. The average Bonchev–Trinajstić information content (AvgIpc) is 3.16. The van der Waals surface area contributed by atoms with Gasteiger partial charge in [-0.15, -0.1) is 16.4 Å². The number of aromatic amines is 1. The van der Waals surface area contributed by atoms with Crippen LogP contribution in [0.2, 0.25) is 0 Å². The number of amides is 1. The summed E-state index contributed by atoms with van der Waals surface area (Å²) >= 11 is 1.70. The predicted molar refractivity (Wildman–Crippen MR) is 82.2 cm³/mol. The number of carbonyl (C=O) groups is 1. The summed E-state index contributed by atoms with van der Waals surface area (Å²) in [6.07, 6.45) is 0. The standard InChI is InChI=1S/C15H11N3O2S/c19-14-8-20-15(18-17-14)9-3-4-11-10(6-9)7-12(16-11)13-2-1-5-21-13/h1-7,16H,8H2,(H,17,19). The monoisotopic (exact) mass is 297 g/mol. The SMILES string of the molecule is O=C1COC(c2ccc3[nH]c(-c4cccs4)cc3c2)=NN1. The van der Waals surface area contributed by atoms with Crippen LogP contribution in [0.15, 0.2) is 46.9 Å². The highest BCUT2D eigenvalue weighted by Gasteiger charge is 2.15. The second-order valence-electron chi connectivity index (χ2n) is 4.70. The number of H-pyrrole nitrogens is 1. The van der Waals surface area contributed by atoms with Gasteiger partial charge in [-0.2, -0.15) is 0 Å². The first-order chi connectivity index (χ1) is 10.3. The number of ether oxygens (including phenoxy) is 1. The summed E-state index contributed by atoms with van der Waals surface area (Å²) in [5.41, 5.74) is 5.42. The lowest BCUT2D eigenvalue weighted by atomic mass is 10.1. The van der Waals surface area contributed by atoms with Gasteiger partial charge < -0.3 is 9.72 Å². The van der Waals surface area contributed by atoms with E-state index >= 15 is 0 Å². The lowest BCUT2D eigenvalue weighted by Gasteiger charge is -2.13. The quantitative estimate of drug-likeness (QED) is 0.763. The van der Waals surface area contributed by atoms with E-state index in [1.807, 2.05) is 24.3 Å². The van der Waals surface area contributed by atoms with Crippen molar-refractivity contribution >= 4 is 34.0 Å². The highest BCUT2D eigenvalue weighted by molar-refractivity contribution is 7.13. The molecular weight excluding hydrogens is 286 g/mol. The van der Waals surface area contributed by atoms with E-state index in [0.717, 1.165) is 22.2 Å². The van der Waals surface area contributed by atoms with Crippen molar-refractivity contribution in [3.63, 3.8) is 0 Å². The molecule has 0 bridgehead atoms. The molecule has 2 N–H and O–H groups in total. The topological polar surface area (TPSA) is 66.5 Å². The minimum Gasteiger partial charge on any atom is -0.466 e. The van der Waals surface area contributed by atoms with Gasteiger partial charge in [0, 0.05) is 16.5 Å². The summed E-state index contributed by atoms with van der Waals surface area (Å²) < 4.78 is 5.33. The molecule has 0 spiro atoms. The second-order valence-corrected chi connectivity index (χ2v) is 5.65. The van der Waals surface area contributed by atoms with Crippen molar-refractivity contribution in [1.82, 2.24) is 10.4 Å². The van der Waals surface area contributed by atoms with Gasteiger partial charge >= 0.3 is 0 Å². The fourth-order valence-electron chi connectivity index (χ4n) is 2.29. The number of hydrogen-bond acceptors (Lipinski definition) is 4. The Kier molecular flexibility index (Phi) is 2.75. The van der Waals surface area contributed by atoms with Gasteiger partial charge in [-0.05, 0) is 35.7 Å². The minimum atomic E-state index is -0.235. The minimum absolute atomic E-state index is 0.00442. The Labute approximate surface area is 124 Å². The van der Waals surface area contributed by atoms with E-state index in [9.17, 15) is 4.79 Å². The number of benzene rings is 1. The van der Waals surface area contributed by atoms with Crippen molar-refractivity contribution in [2.24, 2.45) is 5.10 Å². The zero-order valence-corrected chi connectivity index (χ0v) is 11.7. The van der Waals surface area contributed by atoms with Gasteiger partial charge in [0.2, 0.25) is 5.90 Å². The summed E-state index contributed by atoms with van der Waals surface area (Å²) in [7, 11) is 0. The van der Waals surface area contributed by atoms with Crippen LogP contribution in [-0.4, -0.2) is 23.4 Å². The second kappa shape index (κ2) is 4.75. The molecule has 0 saturated heterocycles. The van der Waals surface area contributed by atoms with Gasteiger partial charge in [0.05, 0.1) is 10.6 Å². The van der Waals surface area contributed by atoms with E-state index in [0.29, 0.717) is 5.90 Å². The molecule has 5 nitrogen and oxygen atoms in total. The van der Waals surface area contributed by atoms with Gasteiger partial charge in [0.1, 0.15) is 0 Å². The number of aromatic nitrogens is 1. The maximum Gasteiger partial charge on any atom is 0.278 e. The molecule has 104 valence electrons. The Morgan fingerprint density at radius 1 is 1.24 bits per heavy atom. The molecule has 0 fully saturated rings. The first kappa shape index (κ1) is 12.2. The zero-order chi connectivity index (χ0) is 14.2. The molecule has 1 aliphatic heterocycles. The molecule has 0 saturated carbocycles. The van der Waals surface area contributed by atoms with Crippen molar-refractivity contribution in [1.29, 1.82) is 0 Å². The molecule has 6 heteroatoms. The molecule has 0 atom stereocenters. The number of nitrogens with one attached hydrogen (secondary N) is 2. The lowest BCUT2D eigenvalue weighted by molar-refractivity contribution is -0.124. The smallest absolute Gasteiger partial charge is 0.278 e. The van der Waals surface area contributed by atoms with Gasteiger partial charge in [-0.25, -0.2) is 5.43 Å². The third-order valence-electron chi connectivity index (χ3n) is 3.28. The first-order valence-electron chi connectivity index (χ1n) is 6.46. The van der Waals surface area contributed by atoms with Crippen LogP contribution in [0.25, 0.3) is 21.5 Å². The number of carbonyl (C=O) groups excluding carboxylic acids is 1. The van der Waals surface area contributed by atoms with Gasteiger partial charge in [-0.1, -0.05) is 6.07 Å². The van der Waals surface area contributed by atoms with E-state index in [1.54, 1.807) is 11.3 Å². The van der Waals surface area contributed by atoms with Crippen LogP contribution in [-0.2, 0) is 9.53 Å². The summed E-state index contributed by atoms with van der Waals surface area (Å²) in [4.78, 5) is 15.6. The van der Waals surface area contributed by atoms with Crippen LogP contribution in [0.3, 0.4) is 0 Å². The van der Waals surface area contributed by atoms with Crippen LogP contribution >= 0.6 is 11.3 Å². The fraction of sp³-hybridized carbons (Fsp3) is 0.0667. The summed E-state index contributed by atoms with van der Waals surface area (Å²) in [5, 5.41) is 7.07. The van der Waals surface area contributed by atoms with E-state index in [-0.39, 0.29) is 12.5 Å². The normalized spacial score (nSPS) is 14.7. The molecule has 0 radical (unpaired) electrons. The Balaban J connectivity index is 1.75. The van der Waals surface area contributed by atoms with Crippen LogP contribution in [0.1, 0.15) is 5.56 Å². The summed E-state index contributed by atoms with van der Waals surface area (Å²) in [6, 6.07) is 12.1. The molecule has 3 aromatic rings. The fourth-order valence-corrected chi connectivity index (χ4v) is 2.99. The van der Waals surface area contributed by atoms with Gasteiger partial charge in [0.15, 0.2) is 6.61 Å². The molecule has 3 heterocycles. The van der Waals surface area contributed by atoms with E-state index in [2.05, 4.69) is 33.0 Å². The lowest BCUT2D eigenvalue weighted by Crippen LogP contribution is -2.32. The van der Waals surface area contributed by atoms with Crippen molar-refractivity contribution in [3.05, 3.63) is 47.3 Å². The van der Waals surface area contributed by atoms with Crippen molar-refractivity contribution in [2.45, 2.75) is 0 Å². The number of hydrazone groups is 1. The summed E-state index contributed by atoms with van der Waals surface area (Å²) in [6.45, 7) is 0.00442. The molecule has 1 amide bonds. The number of hydrogen-bond donors (Lipinski definition) is 2. The third-order valence-corrected chi connectivity index (χ3v) is 4.18. The highest BCUT2D eigenvalue weighted by atomic mass is 32.1. The molecular formula is C15H11N3O2S. The van der Waals surface area contributed by atoms with Crippen LogP contribution in [0, 0.1) is 0 Å². The van der Waals surface area contributed by atoms with Crippen LogP contribution < -0.4 is 5.43 Å². The average molecular weight is 297 g/mol. The molecule has 21 heavy (non-hydrogen) atoms. The van der Waals surface area contributed by atoms with Crippen molar-refractivity contribution in [2.75, 3.05) is 6.61 Å². The Morgan fingerprint density at radius 2 is 2.19 bits per heavy atom. The number of thiophene rings is 1. The molecule has 0 aliphatic carbocycles. The van der Waals surface area contributed by atoms with Gasteiger partial charge in [0.25, 0.3) is 5.91 Å². The highest BCUT2D eigenvalue weighted by Crippen LogP contribution is 2.28. The predicted octanol–water partition coefficient (Wildman–Crippen LogP) is 2.70. The maximum atomic E-state index is 11.0. The number of fused-ring (bicyclic) bond motifs is 1. The van der Waals surface area contributed by atoms with Crippen molar-refractivity contribution < 1.29 is 9.53 Å². The van der Waals surface area contributed by atoms with E-state index in [4.69, 9.17) is 4.74 Å². The van der Waals surface area contributed by atoms with Gasteiger partial charge in [-0.3, -0.25) is 4.79 Å². The molecule has 1 aliphatic rings. The Hall–Kier alpha value is -2.60. The van der Waals surface area contributed by atoms with E-state index in [1.165, 1.54) is 4.88 Å². The Bertz CT molecular complexity index is 849. The largest absolute Gasteiger partial charge is 0.466 e. The zero-order valence-electron chi connectivity index (χ0n) is 10.9. The van der Waals surface area contributed by atoms with E-state index < -0.39 is 0 Å². The van der Waals surface area contributed by atoms with Crippen LogP contribution in [0.4, 0.5) is 0 Å². The third kappa shape index (κ3) is 2.19. The van der Waals surface area contributed by atoms with Crippen LogP contribution in [0.5, 0.6) is 0 Å². The first-order valence-corrected chi connectivity index (χ1v) is 7.34. The maximum absolute atomic E-state index is 11.0. The molecule has 1 aromatic carbocycles. The van der Waals surface area contributed by atoms with Crippen molar-refractivity contribution in [3.8, 4) is 10.6 Å².